The molecule has 0 saturated carbocycles. The summed E-state index contributed by atoms with van der Waals surface area (Å²) in [5, 5.41) is 0. The molecule has 0 amide bonds. The molecule has 0 aliphatic rings. The summed E-state index contributed by atoms with van der Waals surface area (Å²) in [6, 6.07) is 0. The van der Waals surface area contributed by atoms with Crippen molar-refractivity contribution in [2.24, 2.45) is 17.4 Å². The van der Waals surface area contributed by atoms with E-state index in [1.807, 2.05) is 0 Å². The van der Waals surface area contributed by atoms with Crippen LogP contribution in [0.15, 0.2) is 0 Å². The van der Waals surface area contributed by atoms with E-state index in [4.69, 9.17) is 11.5 Å². The predicted molar refractivity (Wildman–Crippen MR) is 61.0 cm³/mol. The van der Waals surface area contributed by atoms with Gasteiger partial charge in [0.05, 0.1) is 18.7 Å². The molecule has 0 radical (unpaired) electrons. The Hall–Kier alpha value is -0.610. The highest BCUT2D eigenvalue weighted by Gasteiger charge is 2.25. The molecule has 4 nitrogen and oxygen atoms in total. The van der Waals surface area contributed by atoms with E-state index in [0.717, 1.165) is 25.7 Å². The highest BCUT2D eigenvalue weighted by Crippen LogP contribution is 2.17. The van der Waals surface area contributed by atoms with Gasteiger partial charge in [0.15, 0.2) is 0 Å². The quantitative estimate of drug-likeness (QED) is 0.383. The molecule has 15 heavy (non-hydrogen) atoms. The lowest BCUT2D eigenvalue weighted by molar-refractivity contribution is -0.145. The second kappa shape index (κ2) is 6.80. The van der Waals surface area contributed by atoms with Gasteiger partial charge in [-0.1, -0.05) is 33.1 Å². The molecule has 0 rings (SSSR count). The van der Waals surface area contributed by atoms with Gasteiger partial charge in [-0.2, -0.15) is 0 Å². The van der Waals surface area contributed by atoms with Crippen molar-refractivity contribution >= 4 is 5.97 Å². The third-order valence-corrected chi connectivity index (χ3v) is 2.54. The van der Waals surface area contributed by atoms with E-state index >= 15 is 0 Å². The summed E-state index contributed by atoms with van der Waals surface area (Å²) in [4.78, 5) is 11.2. The fourth-order valence-electron chi connectivity index (χ4n) is 1.66. The first kappa shape index (κ1) is 14.4. The van der Waals surface area contributed by atoms with Crippen LogP contribution in [0.4, 0.5) is 0 Å². The fourth-order valence-corrected chi connectivity index (χ4v) is 1.66. The maximum Gasteiger partial charge on any atom is 0.308 e. The number of methoxy groups -OCH3 is 1. The van der Waals surface area contributed by atoms with Crippen LogP contribution in [0.3, 0.4) is 0 Å². The minimum Gasteiger partial charge on any atom is -0.469 e. The molecule has 0 aromatic rings. The monoisotopic (exact) mass is 216 g/mol. The Bertz CT molecular complexity index is 193. The molecule has 0 aliphatic heterocycles. The van der Waals surface area contributed by atoms with Crippen molar-refractivity contribution in [1.82, 2.24) is 0 Å². The third-order valence-electron chi connectivity index (χ3n) is 2.54. The molecule has 1 atom stereocenters. The van der Waals surface area contributed by atoms with Gasteiger partial charge in [0.2, 0.25) is 0 Å². The largest absolute Gasteiger partial charge is 0.469 e. The summed E-state index contributed by atoms with van der Waals surface area (Å²) in [6.45, 7) is 3.92. The Morgan fingerprint density at radius 2 is 2.00 bits per heavy atom. The van der Waals surface area contributed by atoms with Crippen molar-refractivity contribution in [2.45, 2.75) is 51.6 Å². The van der Waals surface area contributed by atoms with Crippen LogP contribution in [-0.4, -0.2) is 18.7 Å². The van der Waals surface area contributed by atoms with Crippen molar-refractivity contribution in [3.05, 3.63) is 0 Å². The molecule has 0 fully saturated rings. The summed E-state index contributed by atoms with van der Waals surface area (Å²) < 4.78 is 4.63. The summed E-state index contributed by atoms with van der Waals surface area (Å²) in [5.41, 5.74) is 11.1. The molecule has 0 aliphatic carbocycles. The molecule has 4 heteroatoms. The van der Waals surface area contributed by atoms with Gasteiger partial charge in [-0.15, -0.1) is 0 Å². The number of ether oxygens (including phenoxy) is 1. The van der Waals surface area contributed by atoms with Crippen molar-refractivity contribution in [1.29, 1.82) is 0 Å². The topological polar surface area (TPSA) is 78.3 Å². The lowest BCUT2D eigenvalue weighted by Gasteiger charge is -2.26. The van der Waals surface area contributed by atoms with Crippen LogP contribution in [-0.2, 0) is 9.53 Å². The van der Waals surface area contributed by atoms with Crippen molar-refractivity contribution in [3.8, 4) is 0 Å². The van der Waals surface area contributed by atoms with E-state index in [0.29, 0.717) is 6.42 Å². The molecule has 0 aromatic heterocycles. The maximum atomic E-state index is 11.2. The molecule has 0 heterocycles. The van der Waals surface area contributed by atoms with Crippen LogP contribution >= 0.6 is 0 Å². The Balaban J connectivity index is 3.95. The number of hydrogen-bond acceptors (Lipinski definition) is 4. The Morgan fingerprint density at radius 3 is 2.47 bits per heavy atom. The maximum absolute atomic E-state index is 11.2. The highest BCUT2D eigenvalue weighted by molar-refractivity contribution is 5.71. The number of carbonyl (C=O) groups is 1. The fraction of sp³-hybridized carbons (Fsp3) is 0.909. The number of hydrogen-bond donors (Lipinski definition) is 2. The average molecular weight is 216 g/mol. The number of carbonyl (C=O) groups excluding carboxylic acids is 1. The number of esters is 1. The smallest absolute Gasteiger partial charge is 0.308 e. The number of unbranched alkanes of at least 4 members (excludes halogenated alkanes) is 2. The molecule has 0 bridgehead atoms. The van der Waals surface area contributed by atoms with E-state index in [-0.39, 0.29) is 11.9 Å². The zero-order valence-corrected chi connectivity index (χ0v) is 10.1. The van der Waals surface area contributed by atoms with Gasteiger partial charge in [0, 0.05) is 0 Å². The van der Waals surface area contributed by atoms with Crippen LogP contribution in [0.2, 0.25) is 0 Å². The van der Waals surface area contributed by atoms with Gasteiger partial charge < -0.3 is 16.2 Å². The van der Waals surface area contributed by atoms with Gasteiger partial charge in [0.25, 0.3) is 0 Å². The Labute approximate surface area is 92.3 Å². The summed E-state index contributed by atoms with van der Waals surface area (Å²) >= 11 is 0. The van der Waals surface area contributed by atoms with Crippen LogP contribution in [0.25, 0.3) is 0 Å². The molecule has 90 valence electrons. The number of rotatable bonds is 7. The molecule has 1 unspecified atom stereocenters. The summed E-state index contributed by atoms with van der Waals surface area (Å²) in [5.74, 6) is -0.475. The van der Waals surface area contributed by atoms with E-state index in [2.05, 4.69) is 11.7 Å². The van der Waals surface area contributed by atoms with E-state index in [9.17, 15) is 4.79 Å². The van der Waals surface area contributed by atoms with Gasteiger partial charge in [0.1, 0.15) is 0 Å². The second-order valence-corrected chi connectivity index (χ2v) is 4.32. The first-order valence-corrected chi connectivity index (χ1v) is 5.58. The van der Waals surface area contributed by atoms with Crippen LogP contribution < -0.4 is 11.5 Å². The van der Waals surface area contributed by atoms with Crippen LogP contribution in [0, 0.1) is 5.92 Å². The van der Waals surface area contributed by atoms with Crippen LogP contribution in [0.5, 0.6) is 0 Å². The Morgan fingerprint density at radius 1 is 1.40 bits per heavy atom. The van der Waals surface area contributed by atoms with Gasteiger partial charge in [-0.05, 0) is 12.8 Å². The van der Waals surface area contributed by atoms with Gasteiger partial charge in [-0.25, -0.2) is 0 Å². The van der Waals surface area contributed by atoms with Crippen molar-refractivity contribution in [3.63, 3.8) is 0 Å². The summed E-state index contributed by atoms with van der Waals surface area (Å²) in [6.07, 6.45) is 4.51. The van der Waals surface area contributed by atoms with E-state index < -0.39 is 5.66 Å². The third kappa shape index (κ3) is 6.47. The number of nitrogens with two attached hydrogens (primary N) is 2. The molecule has 0 saturated heterocycles. The molecule has 4 N–H and O–H groups in total. The second-order valence-electron chi connectivity index (χ2n) is 4.32. The zero-order valence-electron chi connectivity index (χ0n) is 10.1. The van der Waals surface area contributed by atoms with Gasteiger partial charge in [-0.3, -0.25) is 4.79 Å². The zero-order chi connectivity index (χ0) is 11.9. The molecular formula is C11H24N2O2. The highest BCUT2D eigenvalue weighted by atomic mass is 16.5. The lowest BCUT2D eigenvalue weighted by Crippen LogP contribution is -2.51. The lowest BCUT2D eigenvalue weighted by atomic mass is 9.92. The average Bonchev–Trinajstić information content (AvgIpc) is 2.16. The summed E-state index contributed by atoms with van der Waals surface area (Å²) in [7, 11) is 1.38. The Kier molecular flexibility index (Phi) is 6.52. The van der Waals surface area contributed by atoms with E-state index in [1.54, 1.807) is 6.92 Å². The van der Waals surface area contributed by atoms with Crippen molar-refractivity contribution in [2.75, 3.05) is 7.11 Å². The predicted octanol–water partition coefficient (Wildman–Crippen LogP) is 1.38. The first-order chi connectivity index (χ1) is 6.93. The van der Waals surface area contributed by atoms with Crippen LogP contribution in [0.1, 0.15) is 46.0 Å². The molecular weight excluding hydrogens is 192 g/mol. The minimum absolute atomic E-state index is 0.230. The molecule has 0 aromatic carbocycles. The van der Waals surface area contributed by atoms with E-state index in [1.165, 1.54) is 7.11 Å². The minimum atomic E-state index is -0.747. The first-order valence-electron chi connectivity index (χ1n) is 5.58. The SMILES string of the molecule is CCCCCC(N)(N)CC(C)C(=O)OC. The van der Waals surface area contributed by atoms with Gasteiger partial charge >= 0.3 is 5.97 Å². The van der Waals surface area contributed by atoms with Crippen molar-refractivity contribution < 1.29 is 9.53 Å². The normalized spacial score (nSPS) is 13.7. The molecule has 0 spiro atoms. The standard InChI is InChI=1S/C11H24N2O2/c1-4-5-6-7-11(12,13)8-9(2)10(14)15-3/h9H,4-8,12-13H2,1-3H3.